The van der Waals surface area contributed by atoms with Crippen LogP contribution in [0.4, 0.5) is 11.5 Å². The summed E-state index contributed by atoms with van der Waals surface area (Å²) in [6.45, 7) is 9.99. The summed E-state index contributed by atoms with van der Waals surface area (Å²) < 4.78 is 17.4. The number of halogens is 1. The summed E-state index contributed by atoms with van der Waals surface area (Å²) in [4.78, 5) is 28.7. The Balaban J connectivity index is 1.54. The largest absolute Gasteiger partial charge is 0.492 e. The number of hydrogen-bond donors (Lipinski definition) is 1. The number of carbonyl (C=O) groups excluding carboxylic acids is 1. The van der Waals surface area contributed by atoms with Crippen molar-refractivity contribution in [1.29, 1.82) is 0 Å². The van der Waals surface area contributed by atoms with E-state index in [1.54, 1.807) is 20.1 Å². The topological polar surface area (TPSA) is 102 Å². The number of piperazine rings is 1. The Morgan fingerprint density at radius 3 is 2.61 bits per heavy atom. The molecule has 4 rings (SSSR count). The van der Waals surface area contributed by atoms with Gasteiger partial charge in [-0.15, -0.1) is 0 Å². The van der Waals surface area contributed by atoms with Gasteiger partial charge < -0.3 is 24.4 Å². The first kappa shape index (κ1) is 25.7. The molecule has 0 radical (unpaired) electrons. The lowest BCUT2D eigenvalue weighted by molar-refractivity contribution is -0.130. The first-order valence-corrected chi connectivity index (χ1v) is 12.2. The van der Waals surface area contributed by atoms with Crippen LogP contribution < -0.4 is 19.5 Å². The van der Waals surface area contributed by atoms with Crippen molar-refractivity contribution in [1.82, 2.24) is 24.8 Å². The lowest BCUT2D eigenvalue weighted by Gasteiger charge is -2.34. The summed E-state index contributed by atoms with van der Waals surface area (Å²) in [7, 11) is 1.54. The van der Waals surface area contributed by atoms with Crippen LogP contribution in [0.5, 0.6) is 17.4 Å². The standard InChI is InChI=1S/C25H31ClN6O4/c1-16(2)36-22-12-18(35-10-9-31-5-7-32(8-6-31)17(3)33)11-21-24(22)25(29-15-28-21)30-20-13-23(34-4)27-14-19(20)26/h11-16H,5-10H2,1-4H3,(H,27,28,29,30). The molecule has 3 aromatic rings. The third-order valence-electron chi connectivity index (χ3n) is 5.82. The molecule has 3 heterocycles. The number of ether oxygens (including phenoxy) is 3. The maximum absolute atomic E-state index is 11.5. The van der Waals surface area contributed by atoms with Gasteiger partial charge in [0, 0.05) is 57.8 Å². The number of fused-ring (bicyclic) bond motifs is 1. The van der Waals surface area contributed by atoms with E-state index in [1.807, 2.05) is 30.9 Å². The average Bonchev–Trinajstić information content (AvgIpc) is 2.85. The van der Waals surface area contributed by atoms with Gasteiger partial charge in [0.05, 0.1) is 41.0 Å². The van der Waals surface area contributed by atoms with E-state index in [0.717, 1.165) is 32.7 Å². The monoisotopic (exact) mass is 514 g/mol. The number of methoxy groups -OCH3 is 1. The van der Waals surface area contributed by atoms with Gasteiger partial charge in [0.2, 0.25) is 11.8 Å². The van der Waals surface area contributed by atoms with E-state index in [2.05, 4.69) is 25.2 Å². The molecule has 36 heavy (non-hydrogen) atoms. The molecule has 0 bridgehead atoms. The van der Waals surface area contributed by atoms with Gasteiger partial charge in [-0.25, -0.2) is 15.0 Å². The number of aromatic nitrogens is 3. The smallest absolute Gasteiger partial charge is 0.219 e. The lowest BCUT2D eigenvalue weighted by atomic mass is 10.2. The fourth-order valence-electron chi connectivity index (χ4n) is 3.99. The van der Waals surface area contributed by atoms with Crippen LogP contribution in [0.1, 0.15) is 20.8 Å². The molecule has 1 fully saturated rings. The van der Waals surface area contributed by atoms with Gasteiger partial charge in [0.15, 0.2) is 0 Å². The molecule has 10 nitrogen and oxygen atoms in total. The highest BCUT2D eigenvalue weighted by Crippen LogP contribution is 2.37. The first-order chi connectivity index (χ1) is 17.3. The van der Waals surface area contributed by atoms with Gasteiger partial charge in [0.25, 0.3) is 0 Å². The van der Waals surface area contributed by atoms with Crippen molar-refractivity contribution in [3.63, 3.8) is 0 Å². The number of nitrogens with one attached hydrogen (secondary N) is 1. The number of nitrogens with zero attached hydrogens (tertiary/aromatic N) is 5. The van der Waals surface area contributed by atoms with E-state index in [-0.39, 0.29) is 12.0 Å². The molecule has 192 valence electrons. The van der Waals surface area contributed by atoms with E-state index in [4.69, 9.17) is 25.8 Å². The highest BCUT2D eigenvalue weighted by atomic mass is 35.5. The minimum absolute atomic E-state index is 0.0707. The van der Waals surface area contributed by atoms with Crippen molar-refractivity contribution in [3.05, 3.63) is 35.7 Å². The third kappa shape index (κ3) is 6.24. The average molecular weight is 515 g/mol. The second kappa shape index (κ2) is 11.6. The molecule has 0 saturated carbocycles. The lowest BCUT2D eigenvalue weighted by Crippen LogP contribution is -2.48. The molecule has 1 aliphatic heterocycles. The van der Waals surface area contributed by atoms with Crippen LogP contribution in [0.3, 0.4) is 0 Å². The molecule has 1 aliphatic rings. The van der Waals surface area contributed by atoms with Gasteiger partial charge in [-0.3, -0.25) is 9.69 Å². The summed E-state index contributed by atoms with van der Waals surface area (Å²) in [6.07, 6.45) is 2.93. The normalized spacial score (nSPS) is 14.2. The Labute approximate surface area is 215 Å². The summed E-state index contributed by atoms with van der Waals surface area (Å²) in [5, 5.41) is 4.40. The number of amides is 1. The number of pyridine rings is 1. The van der Waals surface area contributed by atoms with Crippen molar-refractivity contribution < 1.29 is 19.0 Å². The second-order valence-corrected chi connectivity index (χ2v) is 9.14. The third-order valence-corrected chi connectivity index (χ3v) is 6.13. The Morgan fingerprint density at radius 2 is 1.92 bits per heavy atom. The zero-order valence-electron chi connectivity index (χ0n) is 21.0. The van der Waals surface area contributed by atoms with Crippen LogP contribution in [-0.2, 0) is 4.79 Å². The van der Waals surface area contributed by atoms with E-state index < -0.39 is 0 Å². The summed E-state index contributed by atoms with van der Waals surface area (Å²) in [5.74, 6) is 2.36. The quantitative estimate of drug-likeness (QED) is 0.457. The maximum Gasteiger partial charge on any atom is 0.219 e. The maximum atomic E-state index is 11.5. The molecule has 2 aromatic heterocycles. The molecular formula is C25H31ClN6O4. The predicted octanol–water partition coefficient (Wildman–Crippen LogP) is 3.76. The van der Waals surface area contributed by atoms with E-state index in [0.29, 0.717) is 51.4 Å². The molecule has 1 aromatic carbocycles. The van der Waals surface area contributed by atoms with Crippen LogP contribution in [0, 0.1) is 0 Å². The Morgan fingerprint density at radius 1 is 1.14 bits per heavy atom. The molecule has 1 amide bonds. The van der Waals surface area contributed by atoms with E-state index in [1.165, 1.54) is 12.5 Å². The van der Waals surface area contributed by atoms with E-state index in [9.17, 15) is 4.79 Å². The minimum atomic E-state index is -0.0707. The molecule has 1 saturated heterocycles. The zero-order valence-corrected chi connectivity index (χ0v) is 21.7. The van der Waals surface area contributed by atoms with Crippen LogP contribution in [0.2, 0.25) is 5.02 Å². The second-order valence-electron chi connectivity index (χ2n) is 8.73. The SMILES string of the molecule is COc1cc(Nc2ncnc3cc(OCCN4CCN(C(C)=O)CC4)cc(OC(C)C)c23)c(Cl)cn1. The van der Waals surface area contributed by atoms with Gasteiger partial charge in [-0.1, -0.05) is 11.6 Å². The molecule has 0 atom stereocenters. The summed E-state index contributed by atoms with van der Waals surface area (Å²) in [6, 6.07) is 5.43. The van der Waals surface area contributed by atoms with Gasteiger partial charge in [0.1, 0.15) is 30.3 Å². The minimum Gasteiger partial charge on any atom is -0.492 e. The molecular weight excluding hydrogens is 484 g/mol. The van der Waals surface area contributed by atoms with E-state index >= 15 is 0 Å². The number of rotatable bonds is 9. The molecule has 0 spiro atoms. The fraction of sp³-hybridized carbons (Fsp3) is 0.440. The van der Waals surface area contributed by atoms with Crippen LogP contribution in [-0.4, -0.2) is 83.2 Å². The number of anilines is 2. The molecule has 11 heteroatoms. The molecule has 0 aliphatic carbocycles. The van der Waals surface area contributed by atoms with Crippen LogP contribution in [0.15, 0.2) is 30.7 Å². The van der Waals surface area contributed by atoms with Crippen molar-refractivity contribution in [2.75, 3.05) is 51.8 Å². The summed E-state index contributed by atoms with van der Waals surface area (Å²) >= 11 is 6.35. The Kier molecular flexibility index (Phi) is 8.27. The highest BCUT2D eigenvalue weighted by Gasteiger charge is 2.19. The molecule has 1 N–H and O–H groups in total. The van der Waals surface area contributed by atoms with Crippen molar-refractivity contribution in [2.45, 2.75) is 26.9 Å². The van der Waals surface area contributed by atoms with Crippen LogP contribution >= 0.6 is 11.6 Å². The van der Waals surface area contributed by atoms with Gasteiger partial charge >= 0.3 is 0 Å². The highest BCUT2D eigenvalue weighted by molar-refractivity contribution is 6.33. The predicted molar refractivity (Wildman–Crippen MR) is 139 cm³/mol. The van der Waals surface area contributed by atoms with Gasteiger partial charge in [-0.05, 0) is 13.8 Å². The van der Waals surface area contributed by atoms with Crippen molar-refractivity contribution in [2.24, 2.45) is 0 Å². The summed E-state index contributed by atoms with van der Waals surface area (Å²) in [5.41, 5.74) is 1.28. The number of hydrogen-bond acceptors (Lipinski definition) is 9. The number of benzene rings is 1. The van der Waals surface area contributed by atoms with Gasteiger partial charge in [-0.2, -0.15) is 0 Å². The Hall–Kier alpha value is -3.37. The molecule has 0 unspecified atom stereocenters. The Bertz CT molecular complexity index is 1220. The van der Waals surface area contributed by atoms with Crippen molar-refractivity contribution >= 4 is 39.9 Å². The fourth-order valence-corrected chi connectivity index (χ4v) is 4.14. The first-order valence-electron chi connectivity index (χ1n) is 11.9. The number of carbonyl (C=O) groups is 1. The van der Waals surface area contributed by atoms with Crippen molar-refractivity contribution in [3.8, 4) is 17.4 Å². The van der Waals surface area contributed by atoms with Crippen LogP contribution in [0.25, 0.3) is 10.9 Å². The zero-order chi connectivity index (χ0) is 25.7.